The molecular weight excluding hydrogens is 182 g/mol. The van der Waals surface area contributed by atoms with Crippen molar-refractivity contribution in [3.63, 3.8) is 0 Å². The topological polar surface area (TPSA) is 89.1 Å². The number of aromatic carboxylic acids is 1. The van der Waals surface area contributed by atoms with Gasteiger partial charge >= 0.3 is 5.97 Å². The van der Waals surface area contributed by atoms with Crippen molar-refractivity contribution in [3.05, 3.63) is 16.5 Å². The lowest BCUT2D eigenvalue weighted by Crippen LogP contribution is -2.07. The average molecular weight is 188 g/mol. The molecule has 12 heavy (non-hydrogen) atoms. The molecule has 1 aromatic rings. The van der Waals surface area contributed by atoms with Gasteiger partial charge < -0.3 is 10.8 Å². The summed E-state index contributed by atoms with van der Waals surface area (Å²) < 4.78 is 0. The van der Waals surface area contributed by atoms with Crippen LogP contribution < -0.4 is 5.73 Å². The minimum atomic E-state index is -1.21. The molecular formula is C6H6ClN3O2. The number of rotatable bonds is 1. The second-order valence-corrected chi connectivity index (χ2v) is 2.50. The number of nitrogen functional groups attached to an aromatic ring is 1. The van der Waals surface area contributed by atoms with Crippen molar-refractivity contribution in [1.82, 2.24) is 9.97 Å². The molecule has 6 heteroatoms. The van der Waals surface area contributed by atoms with E-state index in [1.165, 1.54) is 0 Å². The summed E-state index contributed by atoms with van der Waals surface area (Å²) in [6.45, 7) is 1.54. The first-order valence-electron chi connectivity index (χ1n) is 3.05. The van der Waals surface area contributed by atoms with E-state index in [9.17, 15) is 4.79 Å². The van der Waals surface area contributed by atoms with Gasteiger partial charge in [0, 0.05) is 0 Å². The quantitative estimate of drug-likeness (QED) is 0.676. The van der Waals surface area contributed by atoms with Crippen LogP contribution in [0.15, 0.2) is 0 Å². The molecule has 0 amide bonds. The molecule has 0 fully saturated rings. The van der Waals surface area contributed by atoms with Gasteiger partial charge in [0.25, 0.3) is 0 Å². The highest BCUT2D eigenvalue weighted by Gasteiger charge is 2.14. The van der Waals surface area contributed by atoms with E-state index in [1.54, 1.807) is 6.92 Å². The zero-order chi connectivity index (χ0) is 9.30. The normalized spacial score (nSPS) is 9.83. The number of halogens is 1. The molecule has 0 saturated heterocycles. The first-order chi connectivity index (χ1) is 5.52. The highest BCUT2D eigenvalue weighted by Crippen LogP contribution is 2.19. The number of hydrogen-bond donors (Lipinski definition) is 2. The van der Waals surface area contributed by atoms with Crippen LogP contribution in [-0.2, 0) is 0 Å². The summed E-state index contributed by atoms with van der Waals surface area (Å²) in [5.41, 5.74) is 5.05. The highest BCUT2D eigenvalue weighted by molar-refractivity contribution is 6.35. The number of hydrogen-bond acceptors (Lipinski definition) is 4. The minimum absolute atomic E-state index is 0.0124. The third-order valence-electron chi connectivity index (χ3n) is 1.19. The Balaban J connectivity index is 3.37. The molecule has 1 aromatic heterocycles. The Morgan fingerprint density at radius 3 is 2.67 bits per heavy atom. The van der Waals surface area contributed by atoms with Gasteiger partial charge in [-0.2, -0.15) is 0 Å². The summed E-state index contributed by atoms with van der Waals surface area (Å²) in [4.78, 5) is 17.8. The first kappa shape index (κ1) is 8.73. The summed E-state index contributed by atoms with van der Waals surface area (Å²) >= 11 is 5.53. The van der Waals surface area contributed by atoms with Crippen LogP contribution in [0.4, 0.5) is 5.82 Å². The van der Waals surface area contributed by atoms with Crippen LogP contribution in [0.5, 0.6) is 0 Å². The Morgan fingerprint density at radius 1 is 1.58 bits per heavy atom. The maximum atomic E-state index is 10.5. The molecule has 0 aliphatic heterocycles. The Hall–Kier alpha value is -1.36. The summed E-state index contributed by atoms with van der Waals surface area (Å²) in [5.74, 6) is -0.937. The molecule has 0 aromatic carbocycles. The summed E-state index contributed by atoms with van der Waals surface area (Å²) in [5, 5.41) is 8.47. The van der Waals surface area contributed by atoms with Crippen LogP contribution in [0.3, 0.4) is 0 Å². The van der Waals surface area contributed by atoms with E-state index in [4.69, 9.17) is 22.4 Å². The fourth-order valence-electron chi connectivity index (χ4n) is 0.722. The zero-order valence-electron chi connectivity index (χ0n) is 6.21. The Bertz CT molecular complexity index is 340. The number of carboxylic acids is 1. The second kappa shape index (κ2) is 2.94. The molecule has 3 N–H and O–H groups in total. The number of carbonyl (C=O) groups is 1. The summed E-state index contributed by atoms with van der Waals surface area (Å²) in [6.07, 6.45) is 0. The van der Waals surface area contributed by atoms with Crippen molar-refractivity contribution >= 4 is 23.4 Å². The number of anilines is 1. The van der Waals surface area contributed by atoms with E-state index in [0.29, 0.717) is 0 Å². The highest BCUT2D eigenvalue weighted by atomic mass is 35.5. The van der Waals surface area contributed by atoms with Gasteiger partial charge in [0.15, 0.2) is 5.69 Å². The Morgan fingerprint density at radius 2 is 2.17 bits per heavy atom. The summed E-state index contributed by atoms with van der Waals surface area (Å²) in [6, 6.07) is 0. The van der Waals surface area contributed by atoms with Crippen LogP contribution in [0, 0.1) is 6.92 Å². The Labute approximate surface area is 73.2 Å². The molecule has 0 aliphatic rings. The standard InChI is InChI=1S/C6H6ClN3O2/c1-2-9-4(6(11)12)3(7)5(8)10-2/h1H3,(H,11,12)(H2,8,9,10). The second-order valence-electron chi connectivity index (χ2n) is 2.12. The molecule has 0 saturated carbocycles. The van der Waals surface area contributed by atoms with Crippen molar-refractivity contribution in [2.45, 2.75) is 6.92 Å². The van der Waals surface area contributed by atoms with Crippen LogP contribution in [-0.4, -0.2) is 21.0 Å². The molecule has 1 heterocycles. The van der Waals surface area contributed by atoms with Crippen molar-refractivity contribution in [3.8, 4) is 0 Å². The van der Waals surface area contributed by atoms with Gasteiger partial charge in [-0.3, -0.25) is 0 Å². The molecule has 1 rings (SSSR count). The molecule has 0 unspecified atom stereocenters. The first-order valence-corrected chi connectivity index (χ1v) is 3.43. The van der Waals surface area contributed by atoms with E-state index in [-0.39, 0.29) is 22.4 Å². The smallest absolute Gasteiger partial charge is 0.356 e. The predicted octanol–water partition coefficient (Wildman–Crippen LogP) is 0.719. The van der Waals surface area contributed by atoms with Gasteiger partial charge in [-0.05, 0) is 6.92 Å². The maximum Gasteiger partial charge on any atom is 0.356 e. The van der Waals surface area contributed by atoms with Crippen molar-refractivity contribution in [2.24, 2.45) is 0 Å². The lowest BCUT2D eigenvalue weighted by Gasteiger charge is -2.01. The van der Waals surface area contributed by atoms with E-state index in [1.807, 2.05) is 0 Å². The predicted molar refractivity (Wildman–Crippen MR) is 43.2 cm³/mol. The largest absolute Gasteiger partial charge is 0.476 e. The van der Waals surface area contributed by atoms with Gasteiger partial charge in [0.05, 0.1) is 0 Å². The number of nitrogens with two attached hydrogens (primary N) is 1. The number of aromatic nitrogens is 2. The zero-order valence-corrected chi connectivity index (χ0v) is 6.96. The SMILES string of the molecule is Cc1nc(N)c(Cl)c(C(=O)O)n1. The molecule has 0 atom stereocenters. The third-order valence-corrected chi connectivity index (χ3v) is 1.56. The van der Waals surface area contributed by atoms with Crippen molar-refractivity contribution in [1.29, 1.82) is 0 Å². The summed E-state index contributed by atoms with van der Waals surface area (Å²) in [7, 11) is 0. The van der Waals surface area contributed by atoms with Crippen molar-refractivity contribution in [2.75, 3.05) is 5.73 Å². The number of carboxylic acid groups (broad SMARTS) is 1. The molecule has 5 nitrogen and oxygen atoms in total. The third kappa shape index (κ3) is 1.45. The monoisotopic (exact) mass is 187 g/mol. The molecule has 0 spiro atoms. The Kier molecular flexibility index (Phi) is 2.14. The number of nitrogens with zero attached hydrogens (tertiary/aromatic N) is 2. The van der Waals surface area contributed by atoms with E-state index < -0.39 is 5.97 Å². The van der Waals surface area contributed by atoms with Gasteiger partial charge in [-0.15, -0.1) is 0 Å². The lowest BCUT2D eigenvalue weighted by molar-refractivity contribution is 0.0690. The molecule has 0 radical (unpaired) electrons. The van der Waals surface area contributed by atoms with Crippen LogP contribution >= 0.6 is 11.6 Å². The molecule has 0 bridgehead atoms. The fourth-order valence-corrected chi connectivity index (χ4v) is 0.888. The lowest BCUT2D eigenvalue weighted by atomic mass is 10.4. The van der Waals surface area contributed by atoms with Gasteiger partial charge in [-0.1, -0.05) is 11.6 Å². The number of aryl methyl sites for hydroxylation is 1. The van der Waals surface area contributed by atoms with Crippen molar-refractivity contribution < 1.29 is 9.90 Å². The average Bonchev–Trinajstić information content (AvgIpc) is 1.96. The van der Waals surface area contributed by atoms with Crippen LogP contribution in [0.25, 0.3) is 0 Å². The van der Waals surface area contributed by atoms with E-state index in [2.05, 4.69) is 9.97 Å². The maximum absolute atomic E-state index is 10.5. The molecule has 0 aliphatic carbocycles. The van der Waals surface area contributed by atoms with Gasteiger partial charge in [-0.25, -0.2) is 14.8 Å². The van der Waals surface area contributed by atoms with Gasteiger partial charge in [0.2, 0.25) is 0 Å². The van der Waals surface area contributed by atoms with E-state index >= 15 is 0 Å². The molecule has 64 valence electrons. The van der Waals surface area contributed by atoms with Crippen LogP contribution in [0.1, 0.15) is 16.3 Å². The van der Waals surface area contributed by atoms with E-state index in [0.717, 1.165) is 0 Å². The minimum Gasteiger partial charge on any atom is -0.476 e. The fraction of sp³-hybridized carbons (Fsp3) is 0.167. The van der Waals surface area contributed by atoms with Gasteiger partial charge in [0.1, 0.15) is 16.7 Å². The van der Waals surface area contributed by atoms with Crippen LogP contribution in [0.2, 0.25) is 5.02 Å².